The zero-order valence-electron chi connectivity index (χ0n) is 17.1. The first kappa shape index (κ1) is 24.4. The number of carboxylic acid groups (broad SMARTS) is 1. The van der Waals surface area contributed by atoms with E-state index in [1.165, 1.54) is 4.90 Å². The molecule has 0 saturated carbocycles. The molecule has 9 heteroatoms. The van der Waals surface area contributed by atoms with Gasteiger partial charge < -0.3 is 19.5 Å². The lowest BCUT2D eigenvalue weighted by Gasteiger charge is -2.29. The quantitative estimate of drug-likeness (QED) is 0.501. The number of benzene rings is 1. The minimum absolute atomic E-state index is 0.0272. The van der Waals surface area contributed by atoms with E-state index in [1.807, 2.05) is 32.9 Å². The normalized spacial score (nSPS) is 13.2. The molecular weight excluding hydrogens is 402 g/mol. The molecule has 0 aliphatic carbocycles. The fourth-order valence-electron chi connectivity index (χ4n) is 2.59. The van der Waals surface area contributed by atoms with Gasteiger partial charge in [-0.3, -0.25) is 14.4 Å². The summed E-state index contributed by atoms with van der Waals surface area (Å²) in [4.78, 5) is 48.7. The maximum atomic E-state index is 13.1. The highest BCUT2D eigenvalue weighted by Gasteiger charge is 2.42. The van der Waals surface area contributed by atoms with Gasteiger partial charge in [0.05, 0.1) is 0 Å². The number of alkyl halides is 1. The monoisotopic (exact) mass is 427 g/mol. The SMILES string of the molecule is CC(=O)O[C@@H](C(=O)O)[C@@H](OC(C)=O)C(=O)N(CCCl)c1ccc(C(C)(C)C)cc1. The average Bonchev–Trinajstić information content (AvgIpc) is 2.61. The van der Waals surface area contributed by atoms with Crippen molar-refractivity contribution in [2.45, 2.75) is 52.2 Å². The molecule has 0 aromatic heterocycles. The van der Waals surface area contributed by atoms with Gasteiger partial charge in [0.15, 0.2) is 0 Å². The number of carbonyl (C=O) groups excluding carboxylic acids is 3. The van der Waals surface area contributed by atoms with Gasteiger partial charge in [-0.25, -0.2) is 4.79 Å². The maximum absolute atomic E-state index is 13.1. The van der Waals surface area contributed by atoms with Gasteiger partial charge in [-0.15, -0.1) is 11.6 Å². The maximum Gasteiger partial charge on any atom is 0.349 e. The number of rotatable bonds is 8. The van der Waals surface area contributed by atoms with Crippen molar-refractivity contribution in [2.75, 3.05) is 17.3 Å². The summed E-state index contributed by atoms with van der Waals surface area (Å²) in [6, 6.07) is 7.06. The van der Waals surface area contributed by atoms with E-state index >= 15 is 0 Å². The zero-order valence-corrected chi connectivity index (χ0v) is 17.9. The van der Waals surface area contributed by atoms with E-state index in [9.17, 15) is 24.3 Å². The average molecular weight is 428 g/mol. The van der Waals surface area contributed by atoms with Gasteiger partial charge in [0, 0.05) is 32.0 Å². The number of anilines is 1. The van der Waals surface area contributed by atoms with Crippen LogP contribution in [0.25, 0.3) is 0 Å². The highest BCUT2D eigenvalue weighted by molar-refractivity contribution is 6.18. The van der Waals surface area contributed by atoms with Crippen LogP contribution in [-0.2, 0) is 34.1 Å². The molecule has 8 nitrogen and oxygen atoms in total. The number of carbonyl (C=O) groups is 4. The summed E-state index contributed by atoms with van der Waals surface area (Å²) in [5.41, 5.74) is 1.36. The standard InChI is InChI=1S/C20H26ClNO7/c1-12(23)28-16(17(19(26)27)29-13(2)24)18(25)22(11-10-21)15-8-6-14(7-9-15)20(3,4)5/h6-9,16-17H,10-11H2,1-5H3,(H,26,27)/t16-,17-/m1/s1. The number of amides is 1. The van der Waals surface area contributed by atoms with Crippen LogP contribution in [0.1, 0.15) is 40.2 Å². The molecule has 0 spiro atoms. The number of halogens is 1. The Kier molecular flexibility index (Phi) is 8.63. The molecule has 1 aromatic rings. The van der Waals surface area contributed by atoms with Crippen molar-refractivity contribution in [3.8, 4) is 0 Å². The van der Waals surface area contributed by atoms with Crippen LogP contribution in [0.5, 0.6) is 0 Å². The molecule has 1 rings (SSSR count). The molecule has 0 aliphatic rings. The number of hydrogen-bond acceptors (Lipinski definition) is 6. The molecule has 0 unspecified atom stereocenters. The fraction of sp³-hybridized carbons (Fsp3) is 0.500. The summed E-state index contributed by atoms with van der Waals surface area (Å²) >= 11 is 5.83. The second kappa shape index (κ2) is 10.2. The largest absolute Gasteiger partial charge is 0.478 e. The van der Waals surface area contributed by atoms with Gasteiger partial charge in [0.2, 0.25) is 12.2 Å². The molecule has 1 N–H and O–H groups in total. The van der Waals surface area contributed by atoms with Crippen molar-refractivity contribution in [2.24, 2.45) is 0 Å². The van der Waals surface area contributed by atoms with Crippen molar-refractivity contribution in [3.63, 3.8) is 0 Å². The molecule has 0 aliphatic heterocycles. The highest BCUT2D eigenvalue weighted by Crippen LogP contribution is 2.26. The van der Waals surface area contributed by atoms with Crippen LogP contribution < -0.4 is 4.90 Å². The molecule has 160 valence electrons. The summed E-state index contributed by atoms with van der Waals surface area (Å²) < 4.78 is 9.66. The van der Waals surface area contributed by atoms with Crippen molar-refractivity contribution < 1.29 is 33.8 Å². The summed E-state index contributed by atoms with van der Waals surface area (Å²) in [6.07, 6.45) is -3.85. The number of carboxylic acids is 1. The number of aliphatic carboxylic acids is 1. The van der Waals surface area contributed by atoms with Crippen LogP contribution >= 0.6 is 11.6 Å². The predicted molar refractivity (Wildman–Crippen MR) is 107 cm³/mol. The first-order chi connectivity index (χ1) is 13.4. The van der Waals surface area contributed by atoms with Crippen LogP contribution in [0.4, 0.5) is 5.69 Å². The van der Waals surface area contributed by atoms with Crippen LogP contribution in [0.2, 0.25) is 0 Å². The Hall–Kier alpha value is -2.61. The molecule has 0 bridgehead atoms. The lowest BCUT2D eigenvalue weighted by molar-refractivity contribution is -0.180. The predicted octanol–water partition coefficient (Wildman–Crippen LogP) is 2.50. The van der Waals surface area contributed by atoms with Crippen molar-refractivity contribution in [1.82, 2.24) is 0 Å². The molecule has 2 atom stereocenters. The van der Waals surface area contributed by atoms with E-state index in [-0.39, 0.29) is 17.8 Å². The van der Waals surface area contributed by atoms with Crippen LogP contribution in [-0.4, -0.2) is 53.6 Å². The molecular formula is C20H26ClNO7. The highest BCUT2D eigenvalue weighted by atomic mass is 35.5. The minimum Gasteiger partial charge on any atom is -0.478 e. The topological polar surface area (TPSA) is 110 Å². The molecule has 1 aromatic carbocycles. The van der Waals surface area contributed by atoms with Gasteiger partial charge >= 0.3 is 17.9 Å². The minimum atomic E-state index is -1.99. The molecule has 1 amide bonds. The Bertz CT molecular complexity index is 755. The lowest BCUT2D eigenvalue weighted by atomic mass is 9.87. The Balaban J connectivity index is 3.34. The van der Waals surface area contributed by atoms with Crippen molar-refractivity contribution >= 4 is 41.1 Å². The Morgan fingerprint density at radius 3 is 1.86 bits per heavy atom. The van der Waals surface area contributed by atoms with Crippen molar-refractivity contribution in [3.05, 3.63) is 29.8 Å². The van der Waals surface area contributed by atoms with Gasteiger partial charge in [0.25, 0.3) is 5.91 Å². The van der Waals surface area contributed by atoms with E-state index in [0.717, 1.165) is 19.4 Å². The molecule has 0 radical (unpaired) electrons. The third-order valence-electron chi connectivity index (χ3n) is 3.97. The first-order valence-corrected chi connectivity index (χ1v) is 9.47. The van der Waals surface area contributed by atoms with Gasteiger partial charge in [-0.1, -0.05) is 32.9 Å². The lowest BCUT2D eigenvalue weighted by Crippen LogP contribution is -2.52. The molecule has 29 heavy (non-hydrogen) atoms. The summed E-state index contributed by atoms with van der Waals surface area (Å²) in [6.45, 7) is 8.16. The molecule has 0 fully saturated rings. The first-order valence-electron chi connectivity index (χ1n) is 8.93. The summed E-state index contributed by atoms with van der Waals surface area (Å²) in [5.74, 6) is -4.26. The second-order valence-electron chi connectivity index (χ2n) is 7.37. The third-order valence-corrected chi connectivity index (χ3v) is 4.14. The van der Waals surface area contributed by atoms with Crippen molar-refractivity contribution in [1.29, 1.82) is 0 Å². The third kappa shape index (κ3) is 7.05. The van der Waals surface area contributed by atoms with E-state index in [0.29, 0.717) is 5.69 Å². The number of nitrogens with zero attached hydrogens (tertiary/aromatic N) is 1. The van der Waals surface area contributed by atoms with E-state index in [2.05, 4.69) is 0 Å². The Morgan fingerprint density at radius 1 is 1.00 bits per heavy atom. The Morgan fingerprint density at radius 2 is 1.48 bits per heavy atom. The number of ether oxygens (including phenoxy) is 2. The number of hydrogen-bond donors (Lipinski definition) is 1. The fourth-order valence-corrected chi connectivity index (χ4v) is 2.76. The second-order valence-corrected chi connectivity index (χ2v) is 7.75. The smallest absolute Gasteiger partial charge is 0.349 e. The van der Waals surface area contributed by atoms with Gasteiger partial charge in [-0.05, 0) is 23.1 Å². The molecule has 0 heterocycles. The van der Waals surface area contributed by atoms with Crippen LogP contribution in [0.15, 0.2) is 24.3 Å². The zero-order chi connectivity index (χ0) is 22.4. The van der Waals surface area contributed by atoms with E-state index < -0.39 is 36.0 Å². The van der Waals surface area contributed by atoms with E-state index in [4.69, 9.17) is 21.1 Å². The summed E-state index contributed by atoms with van der Waals surface area (Å²) in [7, 11) is 0. The van der Waals surface area contributed by atoms with Gasteiger partial charge in [0.1, 0.15) is 0 Å². The Labute approximate surface area is 174 Å². The van der Waals surface area contributed by atoms with Gasteiger partial charge in [-0.2, -0.15) is 0 Å². The molecule has 0 saturated heterocycles. The van der Waals surface area contributed by atoms with E-state index in [1.54, 1.807) is 12.1 Å². The summed E-state index contributed by atoms with van der Waals surface area (Å²) in [5, 5.41) is 9.40. The number of esters is 2. The van der Waals surface area contributed by atoms with Crippen LogP contribution in [0.3, 0.4) is 0 Å². The van der Waals surface area contributed by atoms with Crippen LogP contribution in [0, 0.1) is 0 Å².